The van der Waals surface area contributed by atoms with Crippen molar-refractivity contribution in [3.05, 3.63) is 155 Å². The van der Waals surface area contributed by atoms with E-state index >= 15 is 0 Å². The number of ether oxygens (including phenoxy) is 1. The Balaban J connectivity index is 0.000000142. The molecule has 7 aliphatic rings. The van der Waals surface area contributed by atoms with E-state index in [-0.39, 0.29) is 39.1 Å². The molecule has 0 bridgehead atoms. The van der Waals surface area contributed by atoms with Gasteiger partial charge in [-0.3, -0.25) is 0 Å². The second kappa shape index (κ2) is 25.6. The van der Waals surface area contributed by atoms with Crippen LogP contribution in [0.5, 0.6) is 0 Å². The molecule has 5 aromatic carbocycles. The van der Waals surface area contributed by atoms with Crippen LogP contribution >= 0.6 is 0 Å². The molecule has 5 aromatic rings. The van der Waals surface area contributed by atoms with Gasteiger partial charge in [-0.1, -0.05) is 152 Å². The molecular formula is C79H117N7O2. The average molecular weight is 1200 g/mol. The van der Waals surface area contributed by atoms with Crippen LogP contribution in [0.25, 0.3) is 0 Å². The van der Waals surface area contributed by atoms with Crippen LogP contribution in [0.3, 0.4) is 0 Å². The van der Waals surface area contributed by atoms with Gasteiger partial charge < -0.3 is 39.0 Å². The Kier molecular flexibility index (Phi) is 19.5. The van der Waals surface area contributed by atoms with Crippen LogP contribution in [0.2, 0.25) is 0 Å². The van der Waals surface area contributed by atoms with Crippen LogP contribution < -0.4 is 19.6 Å². The Bertz CT molecular complexity index is 3100. The Hall–Kier alpha value is -5.51. The highest BCUT2D eigenvalue weighted by atomic mass is 16.6. The van der Waals surface area contributed by atoms with Crippen molar-refractivity contribution in [1.82, 2.24) is 14.7 Å². The van der Waals surface area contributed by atoms with Gasteiger partial charge in [0.05, 0.1) is 0 Å². The quantitative estimate of drug-likeness (QED) is 0.173. The van der Waals surface area contributed by atoms with Gasteiger partial charge in [0.25, 0.3) is 0 Å². The predicted molar refractivity (Wildman–Crippen MR) is 375 cm³/mol. The van der Waals surface area contributed by atoms with Gasteiger partial charge in [0, 0.05) is 119 Å². The zero-order valence-electron chi connectivity index (χ0n) is 58.6. The number of hydrogen-bond acceptors (Lipinski definition) is 8. The zero-order valence-corrected chi connectivity index (χ0v) is 58.6. The van der Waals surface area contributed by atoms with Crippen molar-refractivity contribution < 1.29 is 9.53 Å². The number of anilines is 4. The van der Waals surface area contributed by atoms with E-state index in [1.807, 2.05) is 35.2 Å². The molecule has 7 aliphatic heterocycles. The van der Waals surface area contributed by atoms with Crippen LogP contribution in [0.1, 0.15) is 198 Å². The van der Waals surface area contributed by atoms with E-state index in [0.29, 0.717) is 22.9 Å². The Morgan fingerprint density at radius 1 is 0.420 bits per heavy atom. The Morgan fingerprint density at radius 3 is 1.10 bits per heavy atom. The standard InChI is InChI=1S/C24H30N2O2.C21H34N2.C20H32N2.C14H21N/c1-23(2,3)26-18-24(20-11-7-8-12-21(20)26)13-15-25(16-14-24)22(27)28-17-19-9-5-4-6-10-19;1-19(2,3)15-22-13-11-21(12-14-22)16-23(20(4,5)6)18-10-8-7-9-17(18)21;1-16(2)14-21-12-10-20(11-13-21)15-22(19(3,4)5)18-9-7-6-8-17(18)20;1-13(2,3)15-10-14(4,5)11-8-6-7-9-12(11)15/h4-12H,13-18H2,1-3H3;7-10H,11-16H2,1-6H3;6-9,16H,10-15H2,1-5H3;6-9H,10H2,1-5H3. The van der Waals surface area contributed by atoms with Crippen molar-refractivity contribution in [2.24, 2.45) is 11.3 Å². The van der Waals surface area contributed by atoms with Crippen molar-refractivity contribution in [2.45, 2.75) is 220 Å². The maximum atomic E-state index is 12.5. The second-order valence-corrected chi connectivity index (χ2v) is 33.9. The largest absolute Gasteiger partial charge is 0.445 e. The van der Waals surface area contributed by atoms with Crippen molar-refractivity contribution in [3.63, 3.8) is 0 Å². The van der Waals surface area contributed by atoms with E-state index in [9.17, 15) is 4.79 Å². The zero-order chi connectivity index (χ0) is 63.9. The van der Waals surface area contributed by atoms with Crippen molar-refractivity contribution in [1.29, 1.82) is 0 Å². The molecule has 3 fully saturated rings. The van der Waals surface area contributed by atoms with Gasteiger partial charge in [0.2, 0.25) is 0 Å². The van der Waals surface area contributed by atoms with Gasteiger partial charge in [-0.15, -0.1) is 0 Å². The lowest BCUT2D eigenvalue weighted by molar-refractivity contribution is 0.0786. The molecule has 1 amide bonds. The first-order valence-corrected chi connectivity index (χ1v) is 34.0. The van der Waals surface area contributed by atoms with Crippen molar-refractivity contribution in [2.75, 3.05) is 98.1 Å². The van der Waals surface area contributed by atoms with E-state index in [1.165, 1.54) is 112 Å². The molecule has 7 heterocycles. The second-order valence-electron chi connectivity index (χ2n) is 33.9. The molecule has 12 rings (SSSR count). The molecular weight excluding hydrogens is 1080 g/mol. The summed E-state index contributed by atoms with van der Waals surface area (Å²) in [5, 5.41) is 0. The summed E-state index contributed by atoms with van der Waals surface area (Å²) in [6.45, 7) is 58.0. The molecule has 3 spiro atoms. The lowest BCUT2D eigenvalue weighted by Gasteiger charge is -2.43. The molecule has 9 heteroatoms. The molecule has 0 atom stereocenters. The summed E-state index contributed by atoms with van der Waals surface area (Å²) in [4.78, 5) is 30.1. The molecule has 0 radical (unpaired) electrons. The van der Waals surface area contributed by atoms with Crippen LogP contribution in [0, 0.1) is 11.3 Å². The normalized spacial score (nSPS) is 20.2. The highest BCUT2D eigenvalue weighted by molar-refractivity contribution is 5.70. The SMILES string of the molecule is CC(C)(C)CN1CCC2(CC1)CN(C(C)(C)C)c1ccccc12.CC(C)(C)N1CC2(CCN(C(=O)OCc3ccccc3)CC2)c2ccccc21.CC(C)CN1CCC2(CC1)CN(C(C)(C)C)c1ccccc12.CC1(C)CN(C(C)(C)C)c2ccccc21. The van der Waals surface area contributed by atoms with Gasteiger partial charge in [-0.2, -0.15) is 0 Å². The molecule has 0 aliphatic carbocycles. The molecule has 9 nitrogen and oxygen atoms in total. The van der Waals surface area contributed by atoms with Crippen LogP contribution in [-0.2, 0) is 33.0 Å². The summed E-state index contributed by atoms with van der Waals surface area (Å²) in [7, 11) is 0. The number of rotatable bonds is 5. The first-order chi connectivity index (χ1) is 41.1. The third-order valence-electron chi connectivity index (χ3n) is 20.5. The average Bonchev–Trinajstić information content (AvgIpc) is 2.74. The van der Waals surface area contributed by atoms with E-state index in [1.54, 1.807) is 11.1 Å². The Labute approximate surface area is 535 Å². The molecule has 480 valence electrons. The number of piperidine rings is 3. The monoisotopic (exact) mass is 1200 g/mol. The van der Waals surface area contributed by atoms with E-state index in [0.717, 1.165) is 50.5 Å². The molecule has 88 heavy (non-hydrogen) atoms. The van der Waals surface area contributed by atoms with Gasteiger partial charge in [-0.25, -0.2) is 4.79 Å². The van der Waals surface area contributed by atoms with Crippen LogP contribution in [0.4, 0.5) is 27.5 Å². The van der Waals surface area contributed by atoms with E-state index < -0.39 is 0 Å². The highest BCUT2D eigenvalue weighted by Gasteiger charge is 2.50. The predicted octanol–water partition coefficient (Wildman–Crippen LogP) is 17.5. The lowest BCUT2D eigenvalue weighted by atomic mass is 9.74. The Morgan fingerprint density at radius 2 is 0.739 bits per heavy atom. The molecule has 0 N–H and O–H groups in total. The topological polar surface area (TPSA) is 49.0 Å². The van der Waals surface area contributed by atoms with Crippen LogP contribution in [0.15, 0.2) is 127 Å². The first kappa shape index (κ1) is 66.9. The number of para-hydroxylation sites is 4. The van der Waals surface area contributed by atoms with Gasteiger partial charge in [0.15, 0.2) is 0 Å². The fourth-order valence-electron chi connectivity index (χ4n) is 15.8. The fraction of sp³-hybridized carbons (Fsp3) is 0.608. The van der Waals surface area contributed by atoms with Crippen LogP contribution in [-0.4, -0.2) is 121 Å². The van der Waals surface area contributed by atoms with Crippen molar-refractivity contribution in [3.8, 4) is 0 Å². The molecule has 0 saturated carbocycles. The highest BCUT2D eigenvalue weighted by Crippen LogP contribution is 2.52. The molecule has 3 saturated heterocycles. The number of likely N-dealkylation sites (tertiary alicyclic amines) is 3. The summed E-state index contributed by atoms with van der Waals surface area (Å²) in [5.41, 5.74) is 15.2. The first-order valence-electron chi connectivity index (χ1n) is 34.0. The third-order valence-corrected chi connectivity index (χ3v) is 20.5. The summed E-state index contributed by atoms with van der Waals surface area (Å²) in [6, 6.07) is 45.8. The fourth-order valence-corrected chi connectivity index (χ4v) is 15.8. The number of amides is 1. The minimum absolute atomic E-state index is 0.0886. The minimum Gasteiger partial charge on any atom is -0.445 e. The number of carbonyl (C=O) groups excluding carboxylic acids is 1. The summed E-state index contributed by atoms with van der Waals surface area (Å²) >= 11 is 0. The third kappa shape index (κ3) is 14.9. The lowest BCUT2D eigenvalue weighted by Crippen LogP contribution is -2.50. The maximum absolute atomic E-state index is 12.5. The number of hydrogen-bond donors (Lipinski definition) is 0. The molecule has 0 unspecified atom stereocenters. The van der Waals surface area contributed by atoms with Gasteiger partial charge in [0.1, 0.15) is 6.61 Å². The number of fused-ring (bicyclic) bond motifs is 7. The maximum Gasteiger partial charge on any atom is 0.410 e. The van der Waals surface area contributed by atoms with E-state index in [2.05, 4.69) is 258 Å². The van der Waals surface area contributed by atoms with Crippen molar-refractivity contribution >= 4 is 28.8 Å². The van der Waals surface area contributed by atoms with Gasteiger partial charge in [-0.05, 0) is 211 Å². The summed E-state index contributed by atoms with van der Waals surface area (Å²) < 4.78 is 5.54. The summed E-state index contributed by atoms with van der Waals surface area (Å²) in [5.74, 6) is 0.774. The van der Waals surface area contributed by atoms with E-state index in [4.69, 9.17) is 4.74 Å². The number of carbonyl (C=O) groups is 1. The number of benzene rings is 5. The number of nitrogens with zero attached hydrogens (tertiary/aromatic N) is 7. The smallest absolute Gasteiger partial charge is 0.410 e. The summed E-state index contributed by atoms with van der Waals surface area (Å²) in [6.07, 6.45) is 6.98. The van der Waals surface area contributed by atoms with Gasteiger partial charge >= 0.3 is 6.09 Å². The minimum atomic E-state index is -0.197. The molecule has 0 aromatic heterocycles.